The van der Waals surface area contributed by atoms with E-state index in [1.54, 1.807) is 13.2 Å². The number of nitrogens with zero attached hydrogens (tertiary/aromatic N) is 1. The number of para-hydroxylation sites is 1. The number of hydrogen-bond acceptors (Lipinski definition) is 5. The lowest BCUT2D eigenvalue weighted by atomic mass is 9.88. The summed E-state index contributed by atoms with van der Waals surface area (Å²) in [5, 5.41) is 22.5. The number of hydrogen-bond donors (Lipinski definition) is 2. The summed E-state index contributed by atoms with van der Waals surface area (Å²) >= 11 is 0. The van der Waals surface area contributed by atoms with E-state index in [2.05, 4.69) is 18.1 Å². The normalized spacial score (nSPS) is 14.9. The van der Waals surface area contributed by atoms with Crippen molar-refractivity contribution < 1.29 is 19.7 Å². The maximum Gasteiger partial charge on any atom is 0.128 e. The Morgan fingerprint density at radius 3 is 2.31 bits per heavy atom. The molecule has 4 rings (SSSR count). The molecule has 0 aromatic heterocycles. The Morgan fingerprint density at radius 1 is 0.914 bits per heavy atom. The van der Waals surface area contributed by atoms with E-state index in [1.807, 2.05) is 60.7 Å². The van der Waals surface area contributed by atoms with Crippen molar-refractivity contribution in [3.8, 4) is 28.4 Å². The summed E-state index contributed by atoms with van der Waals surface area (Å²) in [7, 11) is 1.66. The Kier molecular flexibility index (Phi) is 7.91. The van der Waals surface area contributed by atoms with Gasteiger partial charge in [-0.1, -0.05) is 36.4 Å². The zero-order chi connectivity index (χ0) is 24.8. The second-order valence-corrected chi connectivity index (χ2v) is 8.71. The highest BCUT2D eigenvalue weighted by Crippen LogP contribution is 2.45. The zero-order valence-electron chi connectivity index (χ0n) is 20.2. The van der Waals surface area contributed by atoms with Gasteiger partial charge in [0.2, 0.25) is 0 Å². The minimum absolute atomic E-state index is 0.120. The van der Waals surface area contributed by atoms with Crippen molar-refractivity contribution in [1.82, 2.24) is 4.90 Å². The second-order valence-electron chi connectivity index (χ2n) is 8.71. The average Bonchev–Trinajstić information content (AvgIpc) is 2.88. The Morgan fingerprint density at radius 2 is 1.60 bits per heavy atom. The summed E-state index contributed by atoms with van der Waals surface area (Å²) in [6.45, 7) is 10.4. The molecule has 0 amide bonds. The van der Waals surface area contributed by atoms with Crippen LogP contribution < -0.4 is 4.74 Å². The van der Waals surface area contributed by atoms with Crippen LogP contribution in [0.4, 0.5) is 0 Å². The van der Waals surface area contributed by atoms with E-state index in [4.69, 9.17) is 9.47 Å². The SMILES string of the molecule is C=CCc1ccc(O)c(-c2cc(CC=C)cc(C(c3ccccc3OC)N3CCOCC3)c2O)c1. The fourth-order valence-electron chi connectivity index (χ4n) is 4.80. The second kappa shape index (κ2) is 11.3. The first-order chi connectivity index (χ1) is 17.1. The number of allylic oxidation sites excluding steroid dienone is 2. The molecule has 0 aliphatic carbocycles. The van der Waals surface area contributed by atoms with Gasteiger partial charge >= 0.3 is 0 Å². The topological polar surface area (TPSA) is 62.2 Å². The molecule has 1 atom stereocenters. The van der Waals surface area contributed by atoms with E-state index in [0.29, 0.717) is 37.2 Å². The number of methoxy groups -OCH3 is 1. The first-order valence-corrected chi connectivity index (χ1v) is 11.9. The number of morpholine rings is 1. The standard InChI is InChI=1S/C30H33NO4/c1-4-8-21-12-13-27(32)24(18-21)25-19-22(9-5-2)20-26(30(25)33)29(31-14-16-35-17-15-31)23-10-6-7-11-28(23)34-3/h4-7,10-13,18-20,29,32-33H,1-2,8-9,14-17H2,3H3. The van der Waals surface area contributed by atoms with E-state index < -0.39 is 0 Å². The van der Waals surface area contributed by atoms with Crippen molar-refractivity contribution in [2.45, 2.75) is 18.9 Å². The van der Waals surface area contributed by atoms with E-state index in [-0.39, 0.29) is 17.5 Å². The molecule has 1 aliphatic rings. The lowest BCUT2D eigenvalue weighted by Crippen LogP contribution is -2.39. The molecule has 0 saturated carbocycles. The highest BCUT2D eigenvalue weighted by Gasteiger charge is 2.30. The molecular weight excluding hydrogens is 438 g/mol. The minimum atomic E-state index is -0.253. The summed E-state index contributed by atoms with van der Waals surface area (Å²) < 4.78 is 11.4. The van der Waals surface area contributed by atoms with Gasteiger partial charge in [0.1, 0.15) is 17.2 Å². The molecule has 5 heteroatoms. The number of ether oxygens (including phenoxy) is 2. The fourth-order valence-corrected chi connectivity index (χ4v) is 4.80. The number of benzene rings is 3. The molecule has 1 saturated heterocycles. The van der Waals surface area contributed by atoms with Gasteiger partial charge in [-0.3, -0.25) is 4.90 Å². The number of aromatic hydroxyl groups is 2. The van der Waals surface area contributed by atoms with Crippen molar-refractivity contribution in [3.05, 3.63) is 102 Å². The van der Waals surface area contributed by atoms with Gasteiger partial charge in [0.25, 0.3) is 0 Å². The molecule has 1 fully saturated rings. The van der Waals surface area contributed by atoms with Gasteiger partial charge in [-0.25, -0.2) is 0 Å². The molecule has 1 heterocycles. The lowest BCUT2D eigenvalue weighted by Gasteiger charge is -2.36. The molecule has 1 unspecified atom stereocenters. The van der Waals surface area contributed by atoms with Gasteiger partial charge in [0.15, 0.2) is 0 Å². The van der Waals surface area contributed by atoms with E-state index >= 15 is 0 Å². The first-order valence-electron chi connectivity index (χ1n) is 11.9. The quantitative estimate of drug-likeness (QED) is 0.395. The zero-order valence-corrected chi connectivity index (χ0v) is 20.2. The van der Waals surface area contributed by atoms with Crippen LogP contribution in [-0.4, -0.2) is 48.5 Å². The smallest absolute Gasteiger partial charge is 0.128 e. The molecule has 5 nitrogen and oxygen atoms in total. The van der Waals surface area contributed by atoms with Crippen molar-refractivity contribution in [3.63, 3.8) is 0 Å². The van der Waals surface area contributed by atoms with E-state index in [0.717, 1.165) is 41.1 Å². The monoisotopic (exact) mass is 471 g/mol. The minimum Gasteiger partial charge on any atom is -0.507 e. The third kappa shape index (κ3) is 5.26. The number of phenolic OH excluding ortho intramolecular Hbond substituents is 2. The highest BCUT2D eigenvalue weighted by atomic mass is 16.5. The van der Waals surface area contributed by atoms with Crippen molar-refractivity contribution >= 4 is 0 Å². The summed E-state index contributed by atoms with van der Waals surface area (Å²) in [4.78, 5) is 2.31. The maximum atomic E-state index is 11.8. The molecule has 0 bridgehead atoms. The molecule has 3 aromatic rings. The van der Waals surface area contributed by atoms with Crippen LogP contribution in [0, 0.1) is 0 Å². The maximum absolute atomic E-state index is 11.8. The third-order valence-electron chi connectivity index (χ3n) is 6.45. The van der Waals surface area contributed by atoms with Crippen LogP contribution in [-0.2, 0) is 17.6 Å². The summed E-state index contributed by atoms with van der Waals surface area (Å²) in [5.41, 5.74) is 4.94. The highest BCUT2D eigenvalue weighted by molar-refractivity contribution is 5.78. The van der Waals surface area contributed by atoms with Gasteiger partial charge in [-0.05, 0) is 54.3 Å². The van der Waals surface area contributed by atoms with Crippen molar-refractivity contribution in [2.24, 2.45) is 0 Å². The van der Waals surface area contributed by atoms with E-state index in [1.165, 1.54) is 0 Å². The van der Waals surface area contributed by atoms with E-state index in [9.17, 15) is 10.2 Å². The predicted octanol–water partition coefficient (Wildman–Crippen LogP) is 5.65. The third-order valence-corrected chi connectivity index (χ3v) is 6.45. The Hall–Kier alpha value is -3.54. The Bertz CT molecular complexity index is 1200. The molecule has 0 spiro atoms. The van der Waals surface area contributed by atoms with Crippen LogP contribution in [0.25, 0.3) is 11.1 Å². The molecule has 3 aromatic carbocycles. The molecule has 1 aliphatic heterocycles. The number of phenols is 2. The molecule has 2 N–H and O–H groups in total. The van der Waals surface area contributed by atoms with Gasteiger partial charge in [-0.15, -0.1) is 13.2 Å². The average molecular weight is 472 g/mol. The van der Waals surface area contributed by atoms with Crippen LogP contribution in [0.1, 0.15) is 28.3 Å². The van der Waals surface area contributed by atoms with Gasteiger partial charge in [-0.2, -0.15) is 0 Å². The van der Waals surface area contributed by atoms with Crippen molar-refractivity contribution in [2.75, 3.05) is 33.4 Å². The van der Waals surface area contributed by atoms with Crippen LogP contribution in [0.5, 0.6) is 17.2 Å². The van der Waals surface area contributed by atoms with Crippen LogP contribution in [0.15, 0.2) is 79.9 Å². The molecular formula is C30H33NO4. The molecule has 0 radical (unpaired) electrons. The summed E-state index contributed by atoms with van der Waals surface area (Å²) in [6.07, 6.45) is 4.98. The van der Waals surface area contributed by atoms with Crippen molar-refractivity contribution in [1.29, 1.82) is 0 Å². The Balaban J connectivity index is 1.96. The summed E-state index contributed by atoms with van der Waals surface area (Å²) in [6, 6.07) is 17.1. The van der Waals surface area contributed by atoms with Crippen LogP contribution >= 0.6 is 0 Å². The molecule has 35 heavy (non-hydrogen) atoms. The van der Waals surface area contributed by atoms with Gasteiger partial charge < -0.3 is 19.7 Å². The largest absolute Gasteiger partial charge is 0.507 e. The molecule has 182 valence electrons. The van der Waals surface area contributed by atoms with Gasteiger partial charge in [0, 0.05) is 35.3 Å². The number of rotatable bonds is 9. The summed E-state index contributed by atoms with van der Waals surface area (Å²) in [5.74, 6) is 1.02. The Labute approximate surface area is 207 Å². The van der Waals surface area contributed by atoms with Gasteiger partial charge in [0.05, 0.1) is 26.4 Å². The van der Waals surface area contributed by atoms with Crippen LogP contribution in [0.3, 0.4) is 0 Å². The first kappa shape index (κ1) is 24.6. The fraction of sp³-hybridized carbons (Fsp3) is 0.267. The predicted molar refractivity (Wildman–Crippen MR) is 140 cm³/mol. The van der Waals surface area contributed by atoms with Crippen LogP contribution in [0.2, 0.25) is 0 Å². The lowest BCUT2D eigenvalue weighted by molar-refractivity contribution is 0.0232.